The van der Waals surface area contributed by atoms with E-state index in [2.05, 4.69) is 16.3 Å². The monoisotopic (exact) mass is 424 g/mol. The third-order valence-corrected chi connectivity index (χ3v) is 5.75. The van der Waals surface area contributed by atoms with Gasteiger partial charge in [-0.05, 0) is 69.1 Å². The molecule has 31 heavy (non-hydrogen) atoms. The van der Waals surface area contributed by atoms with Crippen LogP contribution in [0.2, 0.25) is 0 Å². The van der Waals surface area contributed by atoms with E-state index >= 15 is 0 Å². The average molecular weight is 425 g/mol. The summed E-state index contributed by atoms with van der Waals surface area (Å²) in [4.78, 5) is 15.1. The van der Waals surface area contributed by atoms with Gasteiger partial charge >= 0.3 is 0 Å². The second-order valence-corrected chi connectivity index (χ2v) is 8.37. The minimum atomic E-state index is 0.0221. The Morgan fingerprint density at radius 2 is 1.81 bits per heavy atom. The summed E-state index contributed by atoms with van der Waals surface area (Å²) in [7, 11) is 0. The molecule has 1 N–H and O–H groups in total. The average Bonchev–Trinajstić information content (AvgIpc) is 3.28. The molecule has 166 valence electrons. The second-order valence-electron chi connectivity index (χ2n) is 8.37. The Morgan fingerprint density at radius 3 is 2.58 bits per heavy atom. The first-order valence-electron chi connectivity index (χ1n) is 11.3. The fourth-order valence-electron chi connectivity index (χ4n) is 4.13. The van der Waals surface area contributed by atoms with Crippen LogP contribution in [-0.4, -0.2) is 56.3 Å². The summed E-state index contributed by atoms with van der Waals surface area (Å²) in [6.45, 7) is 6.64. The molecule has 2 heterocycles. The van der Waals surface area contributed by atoms with Gasteiger partial charge in [-0.3, -0.25) is 4.79 Å². The summed E-state index contributed by atoms with van der Waals surface area (Å²) in [6.07, 6.45) is 3.56. The molecule has 0 radical (unpaired) electrons. The maximum Gasteiger partial charge on any atom is 0.223 e. The summed E-state index contributed by atoms with van der Waals surface area (Å²) in [5, 5.41) is 3.24. The van der Waals surface area contributed by atoms with E-state index in [1.54, 1.807) is 0 Å². The molecule has 2 aromatic carbocycles. The third-order valence-electron chi connectivity index (χ3n) is 5.75. The van der Waals surface area contributed by atoms with Gasteiger partial charge in [0, 0.05) is 12.6 Å². The highest BCUT2D eigenvalue weighted by atomic mass is 16.6. The van der Waals surface area contributed by atoms with Crippen molar-refractivity contribution in [2.24, 2.45) is 0 Å². The number of rotatable bonds is 9. The van der Waals surface area contributed by atoms with Crippen LogP contribution in [0.25, 0.3) is 0 Å². The number of hydrogen-bond acceptors (Lipinski definition) is 5. The van der Waals surface area contributed by atoms with Crippen LogP contribution in [0.5, 0.6) is 17.2 Å². The minimum Gasteiger partial charge on any atom is -0.493 e. The van der Waals surface area contributed by atoms with E-state index in [9.17, 15) is 4.79 Å². The summed E-state index contributed by atoms with van der Waals surface area (Å²) >= 11 is 0. The van der Waals surface area contributed by atoms with Crippen molar-refractivity contribution in [2.75, 3.05) is 39.5 Å². The predicted molar refractivity (Wildman–Crippen MR) is 120 cm³/mol. The van der Waals surface area contributed by atoms with Gasteiger partial charge in [-0.25, -0.2) is 0 Å². The van der Waals surface area contributed by atoms with Crippen LogP contribution >= 0.6 is 0 Å². The summed E-state index contributed by atoms with van der Waals surface area (Å²) < 4.78 is 17.1. The number of benzene rings is 2. The highest BCUT2D eigenvalue weighted by Crippen LogP contribution is 2.31. The lowest BCUT2D eigenvalue weighted by molar-refractivity contribution is -0.122. The lowest BCUT2D eigenvalue weighted by Gasteiger charge is -2.25. The molecular formula is C25H32N2O4. The van der Waals surface area contributed by atoms with Gasteiger partial charge in [-0.15, -0.1) is 0 Å². The standard InChI is InChI=1S/C25H32N2O4/c1-19-4-7-22(8-5-19)29-13-10-25(28)26-21(18-27-11-2-3-12-27)16-20-6-9-23-24(17-20)31-15-14-30-23/h4-9,17,21H,2-3,10-16,18H2,1H3,(H,26,28). The fraction of sp³-hybridized carbons (Fsp3) is 0.480. The van der Waals surface area contributed by atoms with Crippen molar-refractivity contribution in [2.45, 2.75) is 38.6 Å². The largest absolute Gasteiger partial charge is 0.493 e. The number of nitrogens with zero attached hydrogens (tertiary/aromatic N) is 1. The molecule has 1 saturated heterocycles. The molecule has 4 rings (SSSR count). The van der Waals surface area contributed by atoms with Crippen molar-refractivity contribution in [3.8, 4) is 17.2 Å². The molecule has 1 amide bonds. The van der Waals surface area contributed by atoms with Gasteiger partial charge in [0.05, 0.1) is 13.0 Å². The Balaban J connectivity index is 1.32. The van der Waals surface area contributed by atoms with Crippen LogP contribution in [-0.2, 0) is 11.2 Å². The first-order valence-corrected chi connectivity index (χ1v) is 11.3. The molecule has 0 bridgehead atoms. The molecule has 2 aliphatic rings. The van der Waals surface area contributed by atoms with Crippen LogP contribution in [0.15, 0.2) is 42.5 Å². The molecule has 0 aromatic heterocycles. The summed E-state index contributed by atoms with van der Waals surface area (Å²) in [6, 6.07) is 14.0. The Kier molecular flexibility index (Phi) is 7.30. The quantitative estimate of drug-likeness (QED) is 0.669. The maximum absolute atomic E-state index is 12.6. The van der Waals surface area contributed by atoms with Crippen molar-refractivity contribution in [3.05, 3.63) is 53.6 Å². The van der Waals surface area contributed by atoms with Crippen LogP contribution in [0.1, 0.15) is 30.4 Å². The number of carbonyl (C=O) groups excluding carboxylic acids is 1. The first kappa shape index (κ1) is 21.5. The molecule has 6 heteroatoms. The van der Waals surface area contributed by atoms with Crippen LogP contribution in [0.4, 0.5) is 0 Å². The van der Waals surface area contributed by atoms with Crippen molar-refractivity contribution in [1.82, 2.24) is 10.2 Å². The Morgan fingerprint density at radius 1 is 1.06 bits per heavy atom. The summed E-state index contributed by atoms with van der Waals surface area (Å²) in [5.41, 5.74) is 2.33. The molecule has 2 aliphatic heterocycles. The molecule has 0 saturated carbocycles. The minimum absolute atomic E-state index is 0.0221. The molecular weight excluding hydrogens is 392 g/mol. The number of likely N-dealkylation sites (tertiary alicyclic amines) is 1. The number of fused-ring (bicyclic) bond motifs is 1. The van der Waals surface area contributed by atoms with Crippen molar-refractivity contribution < 1.29 is 19.0 Å². The molecule has 1 fully saturated rings. The zero-order chi connectivity index (χ0) is 21.5. The number of carbonyl (C=O) groups is 1. The molecule has 6 nitrogen and oxygen atoms in total. The van der Waals surface area contributed by atoms with Gasteiger partial charge < -0.3 is 24.4 Å². The summed E-state index contributed by atoms with van der Waals surface area (Å²) in [5.74, 6) is 2.40. The molecule has 0 aliphatic carbocycles. The molecule has 1 atom stereocenters. The Hall–Kier alpha value is -2.73. The lowest BCUT2D eigenvalue weighted by Crippen LogP contribution is -2.44. The van der Waals surface area contributed by atoms with E-state index in [0.29, 0.717) is 26.2 Å². The van der Waals surface area contributed by atoms with Crippen molar-refractivity contribution in [3.63, 3.8) is 0 Å². The van der Waals surface area contributed by atoms with Gasteiger partial charge in [0.1, 0.15) is 19.0 Å². The lowest BCUT2D eigenvalue weighted by atomic mass is 10.0. The number of amides is 1. The van der Waals surface area contributed by atoms with E-state index in [0.717, 1.165) is 48.9 Å². The zero-order valence-electron chi connectivity index (χ0n) is 18.3. The Labute approximate surface area is 184 Å². The van der Waals surface area contributed by atoms with Crippen LogP contribution in [0.3, 0.4) is 0 Å². The highest BCUT2D eigenvalue weighted by molar-refractivity contribution is 5.76. The SMILES string of the molecule is Cc1ccc(OCCC(=O)NC(Cc2ccc3c(c2)OCCO3)CN2CCCC2)cc1. The Bertz CT molecular complexity index is 862. The van der Waals surface area contributed by atoms with E-state index in [1.807, 2.05) is 43.3 Å². The third kappa shape index (κ3) is 6.37. The molecule has 2 aromatic rings. The number of hydrogen-bond donors (Lipinski definition) is 1. The maximum atomic E-state index is 12.6. The van der Waals surface area contributed by atoms with E-state index in [4.69, 9.17) is 14.2 Å². The molecule has 1 unspecified atom stereocenters. The van der Waals surface area contributed by atoms with E-state index in [-0.39, 0.29) is 11.9 Å². The predicted octanol–water partition coefficient (Wildman–Crippen LogP) is 3.36. The zero-order valence-corrected chi connectivity index (χ0v) is 18.3. The van der Waals surface area contributed by atoms with Crippen LogP contribution < -0.4 is 19.5 Å². The van der Waals surface area contributed by atoms with E-state index in [1.165, 1.54) is 18.4 Å². The normalized spacial score (nSPS) is 16.7. The fourth-order valence-corrected chi connectivity index (χ4v) is 4.13. The van der Waals surface area contributed by atoms with Gasteiger partial charge in [-0.1, -0.05) is 23.8 Å². The van der Waals surface area contributed by atoms with Gasteiger partial charge in [0.2, 0.25) is 5.91 Å². The topological polar surface area (TPSA) is 60.0 Å². The van der Waals surface area contributed by atoms with E-state index < -0.39 is 0 Å². The highest BCUT2D eigenvalue weighted by Gasteiger charge is 2.21. The van der Waals surface area contributed by atoms with Crippen LogP contribution in [0, 0.1) is 6.92 Å². The van der Waals surface area contributed by atoms with Crippen molar-refractivity contribution in [1.29, 1.82) is 0 Å². The van der Waals surface area contributed by atoms with Gasteiger partial charge in [0.25, 0.3) is 0 Å². The number of ether oxygens (including phenoxy) is 3. The first-order chi connectivity index (χ1) is 15.2. The van der Waals surface area contributed by atoms with Gasteiger partial charge in [0.15, 0.2) is 11.5 Å². The smallest absolute Gasteiger partial charge is 0.223 e. The van der Waals surface area contributed by atoms with Gasteiger partial charge in [-0.2, -0.15) is 0 Å². The molecule has 0 spiro atoms. The number of aryl methyl sites for hydroxylation is 1. The number of nitrogens with one attached hydrogen (secondary N) is 1. The second kappa shape index (κ2) is 10.5. The van der Waals surface area contributed by atoms with Crippen molar-refractivity contribution >= 4 is 5.91 Å².